The molecule has 2 amide bonds. The van der Waals surface area contributed by atoms with E-state index in [0.717, 1.165) is 12.8 Å². The molecule has 0 aromatic carbocycles. The first-order valence-corrected chi connectivity index (χ1v) is 8.10. The lowest BCUT2D eigenvalue weighted by Gasteiger charge is -2.35. The van der Waals surface area contributed by atoms with E-state index < -0.39 is 17.7 Å². The van der Waals surface area contributed by atoms with E-state index in [0.29, 0.717) is 26.1 Å². The van der Waals surface area contributed by atoms with Crippen LogP contribution >= 0.6 is 0 Å². The number of rotatable bonds is 4. The highest BCUT2D eigenvalue weighted by Crippen LogP contribution is 2.20. The van der Waals surface area contributed by atoms with Gasteiger partial charge in [0.2, 0.25) is 5.91 Å². The molecule has 2 rings (SSSR count). The van der Waals surface area contributed by atoms with Crippen LogP contribution in [0.15, 0.2) is 18.7 Å². The highest BCUT2D eigenvalue weighted by atomic mass is 16.6. The summed E-state index contributed by atoms with van der Waals surface area (Å²) in [6, 6.07) is -0.443. The van der Waals surface area contributed by atoms with Crippen molar-refractivity contribution in [2.45, 2.75) is 58.2 Å². The second-order valence-electron chi connectivity index (χ2n) is 6.78. The van der Waals surface area contributed by atoms with Gasteiger partial charge in [-0.15, -0.1) is 0 Å². The molecule has 7 heteroatoms. The maximum absolute atomic E-state index is 12.4. The van der Waals surface area contributed by atoms with E-state index in [9.17, 15) is 9.59 Å². The van der Waals surface area contributed by atoms with Gasteiger partial charge in [-0.2, -0.15) is 0 Å². The Bertz CT molecular complexity index is 522. The van der Waals surface area contributed by atoms with Crippen LogP contribution in [0, 0.1) is 0 Å². The van der Waals surface area contributed by atoms with E-state index in [1.165, 1.54) is 0 Å². The van der Waals surface area contributed by atoms with E-state index in [1.54, 1.807) is 17.4 Å². The second kappa shape index (κ2) is 7.48. The zero-order chi connectivity index (χ0) is 16.9. The van der Waals surface area contributed by atoms with Gasteiger partial charge in [-0.05, 0) is 40.0 Å². The third kappa shape index (κ3) is 5.26. The van der Waals surface area contributed by atoms with Crippen LogP contribution in [-0.2, 0) is 16.1 Å². The minimum absolute atomic E-state index is 0.115. The van der Waals surface area contributed by atoms with Crippen LogP contribution in [0.4, 0.5) is 4.79 Å². The van der Waals surface area contributed by atoms with Gasteiger partial charge in [0.15, 0.2) is 0 Å². The summed E-state index contributed by atoms with van der Waals surface area (Å²) >= 11 is 0. The van der Waals surface area contributed by atoms with Gasteiger partial charge in [0, 0.05) is 32.0 Å². The number of carbonyl (C=O) groups is 2. The molecule has 0 unspecified atom stereocenters. The molecule has 1 aromatic heterocycles. The minimum atomic E-state index is -0.559. The lowest BCUT2D eigenvalue weighted by Crippen LogP contribution is -2.53. The van der Waals surface area contributed by atoms with Gasteiger partial charge >= 0.3 is 6.09 Å². The summed E-state index contributed by atoms with van der Waals surface area (Å²) in [5.41, 5.74) is -0.559. The fourth-order valence-corrected chi connectivity index (χ4v) is 2.59. The molecular weight excluding hydrogens is 296 g/mol. The summed E-state index contributed by atoms with van der Waals surface area (Å²) in [5.74, 6) is -0.115. The summed E-state index contributed by atoms with van der Waals surface area (Å²) in [7, 11) is 0. The summed E-state index contributed by atoms with van der Waals surface area (Å²) < 4.78 is 7.31. The number of amides is 2. The molecule has 7 nitrogen and oxygen atoms in total. The number of carbonyl (C=O) groups excluding carboxylic acids is 2. The minimum Gasteiger partial charge on any atom is -0.444 e. The fourth-order valence-electron chi connectivity index (χ4n) is 2.59. The Morgan fingerprint density at radius 1 is 1.35 bits per heavy atom. The third-order valence-electron chi connectivity index (χ3n) is 3.66. The number of piperidine rings is 1. The van der Waals surface area contributed by atoms with Crippen LogP contribution < -0.4 is 5.32 Å². The van der Waals surface area contributed by atoms with E-state index in [2.05, 4.69) is 10.3 Å². The lowest BCUT2D eigenvalue weighted by atomic mass is 10.0. The Kier molecular flexibility index (Phi) is 5.63. The van der Waals surface area contributed by atoms with E-state index >= 15 is 0 Å². The summed E-state index contributed by atoms with van der Waals surface area (Å²) in [5, 5.41) is 2.90. The Morgan fingerprint density at radius 2 is 2.13 bits per heavy atom. The zero-order valence-electron chi connectivity index (χ0n) is 14.1. The number of hydrogen-bond donors (Lipinski definition) is 1. The first kappa shape index (κ1) is 17.3. The van der Waals surface area contributed by atoms with Gasteiger partial charge < -0.3 is 14.6 Å². The Balaban J connectivity index is 1.88. The molecule has 0 aliphatic carbocycles. The maximum Gasteiger partial charge on any atom is 0.410 e. The van der Waals surface area contributed by atoms with Crippen molar-refractivity contribution in [1.29, 1.82) is 0 Å². The van der Waals surface area contributed by atoms with Crippen molar-refractivity contribution in [3.05, 3.63) is 18.7 Å². The van der Waals surface area contributed by atoms with Gasteiger partial charge in [0.1, 0.15) is 11.6 Å². The van der Waals surface area contributed by atoms with Crippen LogP contribution in [0.5, 0.6) is 0 Å². The summed E-state index contributed by atoms with van der Waals surface area (Å²) in [4.78, 5) is 30.2. The molecule has 1 aromatic rings. The highest BCUT2D eigenvalue weighted by Gasteiger charge is 2.34. The lowest BCUT2D eigenvalue weighted by molar-refractivity contribution is -0.127. The zero-order valence-corrected chi connectivity index (χ0v) is 14.1. The number of nitrogens with zero attached hydrogens (tertiary/aromatic N) is 3. The average molecular weight is 322 g/mol. The number of nitrogens with one attached hydrogen (secondary N) is 1. The Hall–Kier alpha value is -2.05. The predicted molar refractivity (Wildman–Crippen MR) is 85.8 cm³/mol. The molecule has 0 spiro atoms. The molecule has 0 saturated carbocycles. The molecule has 1 fully saturated rings. The van der Waals surface area contributed by atoms with Crippen LogP contribution in [0.25, 0.3) is 0 Å². The number of imidazole rings is 1. The average Bonchev–Trinajstić information content (AvgIpc) is 2.98. The van der Waals surface area contributed by atoms with Crippen molar-refractivity contribution < 1.29 is 14.3 Å². The number of likely N-dealkylation sites (tertiary alicyclic amines) is 1. The largest absolute Gasteiger partial charge is 0.444 e. The van der Waals surface area contributed by atoms with Crippen LogP contribution in [0.2, 0.25) is 0 Å². The third-order valence-corrected chi connectivity index (χ3v) is 3.66. The van der Waals surface area contributed by atoms with Crippen molar-refractivity contribution in [3.63, 3.8) is 0 Å². The normalized spacial score (nSPS) is 18.6. The monoisotopic (exact) mass is 322 g/mol. The standard InChI is InChI=1S/C16H26N4O3/c1-16(2,3)23-15(22)20-9-5-4-6-13(20)14(21)18-8-11-19-10-7-17-12-19/h7,10,12-13H,4-6,8-9,11H2,1-3H3,(H,18,21)/t13-/m1/s1. The quantitative estimate of drug-likeness (QED) is 0.917. The molecule has 2 heterocycles. The van der Waals surface area contributed by atoms with Crippen LogP contribution in [-0.4, -0.2) is 51.2 Å². The molecular formula is C16H26N4O3. The predicted octanol–water partition coefficient (Wildman–Crippen LogP) is 1.79. The first-order valence-electron chi connectivity index (χ1n) is 8.10. The van der Waals surface area contributed by atoms with Gasteiger partial charge in [0.05, 0.1) is 6.33 Å². The Labute approximate surface area is 137 Å². The number of hydrogen-bond acceptors (Lipinski definition) is 4. The Morgan fingerprint density at radius 3 is 2.78 bits per heavy atom. The fraction of sp³-hybridized carbons (Fsp3) is 0.688. The van der Waals surface area contributed by atoms with Crippen molar-refractivity contribution in [2.75, 3.05) is 13.1 Å². The smallest absolute Gasteiger partial charge is 0.410 e. The van der Waals surface area contributed by atoms with Gasteiger partial charge in [-0.3, -0.25) is 9.69 Å². The molecule has 1 aliphatic heterocycles. The molecule has 1 atom stereocenters. The molecule has 1 N–H and O–H groups in total. The van der Waals surface area contributed by atoms with Crippen LogP contribution in [0.1, 0.15) is 40.0 Å². The molecule has 0 radical (unpaired) electrons. The van der Waals surface area contributed by atoms with E-state index in [4.69, 9.17) is 4.74 Å². The topological polar surface area (TPSA) is 76.5 Å². The van der Waals surface area contributed by atoms with E-state index in [-0.39, 0.29) is 5.91 Å². The first-order chi connectivity index (χ1) is 10.9. The summed E-state index contributed by atoms with van der Waals surface area (Å²) in [6.07, 6.45) is 7.37. The number of ether oxygens (including phenoxy) is 1. The summed E-state index contributed by atoms with van der Waals surface area (Å²) in [6.45, 7) is 7.21. The SMILES string of the molecule is CC(C)(C)OC(=O)N1CCCC[C@@H]1C(=O)NCCn1ccnc1. The van der Waals surface area contributed by atoms with Gasteiger partial charge in [0.25, 0.3) is 0 Å². The maximum atomic E-state index is 12.4. The van der Waals surface area contributed by atoms with Gasteiger partial charge in [-0.25, -0.2) is 9.78 Å². The van der Waals surface area contributed by atoms with Crippen molar-refractivity contribution in [2.24, 2.45) is 0 Å². The molecule has 1 saturated heterocycles. The van der Waals surface area contributed by atoms with Crippen molar-refractivity contribution in [3.8, 4) is 0 Å². The van der Waals surface area contributed by atoms with Gasteiger partial charge in [-0.1, -0.05) is 0 Å². The molecule has 1 aliphatic rings. The van der Waals surface area contributed by atoms with E-state index in [1.807, 2.05) is 31.5 Å². The van der Waals surface area contributed by atoms with Crippen LogP contribution in [0.3, 0.4) is 0 Å². The highest BCUT2D eigenvalue weighted by molar-refractivity contribution is 5.85. The molecule has 23 heavy (non-hydrogen) atoms. The molecule has 128 valence electrons. The van der Waals surface area contributed by atoms with Crippen molar-refractivity contribution in [1.82, 2.24) is 19.8 Å². The second-order valence-corrected chi connectivity index (χ2v) is 6.78. The number of aromatic nitrogens is 2. The molecule has 0 bridgehead atoms. The van der Waals surface area contributed by atoms with Crippen molar-refractivity contribution >= 4 is 12.0 Å².